The Hall–Kier alpha value is -1.10. The molecular formula is C11H17NO4. The first-order valence-corrected chi connectivity index (χ1v) is 5.77. The summed E-state index contributed by atoms with van der Waals surface area (Å²) in [5.41, 5.74) is -1.14. The van der Waals surface area contributed by atoms with Crippen molar-refractivity contribution in [1.82, 2.24) is 5.32 Å². The minimum absolute atomic E-state index is 0.0816. The fourth-order valence-corrected chi connectivity index (χ4v) is 2.23. The van der Waals surface area contributed by atoms with Crippen LogP contribution in [0.25, 0.3) is 0 Å². The van der Waals surface area contributed by atoms with Crippen molar-refractivity contribution in [2.24, 2.45) is 5.41 Å². The molecule has 1 saturated carbocycles. The highest BCUT2D eigenvalue weighted by Crippen LogP contribution is 2.41. The smallest absolute Gasteiger partial charge is 0.319 e. The number of rotatable bonds is 3. The summed E-state index contributed by atoms with van der Waals surface area (Å²) in [7, 11) is 0. The van der Waals surface area contributed by atoms with Gasteiger partial charge in [0.25, 0.3) is 0 Å². The van der Waals surface area contributed by atoms with E-state index in [4.69, 9.17) is 9.84 Å². The molecule has 0 aromatic rings. The summed E-state index contributed by atoms with van der Waals surface area (Å²) in [6.45, 7) is 1.29. The van der Waals surface area contributed by atoms with Crippen LogP contribution in [0.15, 0.2) is 0 Å². The highest BCUT2D eigenvalue weighted by molar-refractivity contribution is 6.02. The highest BCUT2D eigenvalue weighted by Gasteiger charge is 2.51. The Labute approximate surface area is 94.2 Å². The van der Waals surface area contributed by atoms with Gasteiger partial charge in [-0.15, -0.1) is 0 Å². The number of carboxylic acids is 1. The zero-order chi connectivity index (χ0) is 11.6. The average Bonchev–Trinajstić information content (AvgIpc) is 2.16. The molecule has 5 nitrogen and oxygen atoms in total. The summed E-state index contributed by atoms with van der Waals surface area (Å²) in [6, 6.07) is 0.0816. The second-order valence-corrected chi connectivity index (χ2v) is 4.60. The predicted molar refractivity (Wildman–Crippen MR) is 55.9 cm³/mol. The van der Waals surface area contributed by atoms with Crippen LogP contribution in [0.1, 0.15) is 32.1 Å². The number of hydrogen-bond acceptors (Lipinski definition) is 3. The molecule has 0 atom stereocenters. The van der Waals surface area contributed by atoms with E-state index in [-0.39, 0.29) is 11.9 Å². The first-order valence-electron chi connectivity index (χ1n) is 5.77. The normalized spacial score (nSPS) is 24.5. The maximum atomic E-state index is 11.9. The second kappa shape index (κ2) is 4.41. The molecule has 2 N–H and O–H groups in total. The van der Waals surface area contributed by atoms with E-state index in [1.165, 1.54) is 0 Å². The number of carbonyl (C=O) groups is 2. The molecule has 0 spiro atoms. The number of ether oxygens (including phenoxy) is 1. The molecule has 0 bridgehead atoms. The molecule has 1 aliphatic heterocycles. The van der Waals surface area contributed by atoms with Gasteiger partial charge in [0.05, 0.1) is 0 Å². The fraction of sp³-hybridized carbons (Fsp3) is 0.818. The van der Waals surface area contributed by atoms with Gasteiger partial charge in [0.1, 0.15) is 5.41 Å². The van der Waals surface area contributed by atoms with E-state index in [1.54, 1.807) is 0 Å². The van der Waals surface area contributed by atoms with Gasteiger partial charge in [0.2, 0.25) is 5.91 Å². The second-order valence-electron chi connectivity index (χ2n) is 4.60. The van der Waals surface area contributed by atoms with Crippen molar-refractivity contribution in [3.8, 4) is 0 Å². The lowest BCUT2D eigenvalue weighted by atomic mass is 9.68. The maximum absolute atomic E-state index is 11.9. The highest BCUT2D eigenvalue weighted by atomic mass is 16.5. The zero-order valence-electron chi connectivity index (χ0n) is 9.20. The molecule has 90 valence electrons. The molecule has 0 unspecified atom stereocenters. The molecular weight excluding hydrogens is 210 g/mol. The van der Waals surface area contributed by atoms with Gasteiger partial charge in [0, 0.05) is 19.3 Å². The van der Waals surface area contributed by atoms with Crippen LogP contribution < -0.4 is 5.32 Å². The molecule has 1 heterocycles. The van der Waals surface area contributed by atoms with Crippen molar-refractivity contribution < 1.29 is 19.4 Å². The summed E-state index contributed by atoms with van der Waals surface area (Å²) in [4.78, 5) is 23.0. The van der Waals surface area contributed by atoms with Crippen LogP contribution in [0.4, 0.5) is 0 Å². The molecule has 0 aromatic carbocycles. The van der Waals surface area contributed by atoms with Gasteiger partial charge in [-0.1, -0.05) is 6.42 Å². The van der Waals surface area contributed by atoms with Crippen LogP contribution in [0.3, 0.4) is 0 Å². The van der Waals surface area contributed by atoms with Gasteiger partial charge < -0.3 is 15.2 Å². The van der Waals surface area contributed by atoms with E-state index in [2.05, 4.69) is 5.32 Å². The first kappa shape index (κ1) is 11.4. The molecule has 2 rings (SSSR count). The van der Waals surface area contributed by atoms with E-state index in [1.807, 2.05) is 0 Å². The van der Waals surface area contributed by atoms with Crippen LogP contribution in [0.2, 0.25) is 0 Å². The lowest BCUT2D eigenvalue weighted by molar-refractivity contribution is -0.162. The van der Waals surface area contributed by atoms with Crippen molar-refractivity contribution in [3.63, 3.8) is 0 Å². The summed E-state index contributed by atoms with van der Waals surface area (Å²) in [5.74, 6) is -1.29. The SMILES string of the molecule is O=C(O)C1(C(=O)NC2CCOCC2)CCC1. The third kappa shape index (κ3) is 1.91. The molecule has 0 radical (unpaired) electrons. The predicted octanol–water partition coefficient (Wildman–Crippen LogP) is 0.536. The Morgan fingerprint density at radius 1 is 1.25 bits per heavy atom. The van der Waals surface area contributed by atoms with E-state index in [9.17, 15) is 9.59 Å². The summed E-state index contributed by atoms with van der Waals surface area (Å²) < 4.78 is 5.19. The number of aliphatic carboxylic acids is 1. The third-order valence-corrected chi connectivity index (χ3v) is 3.61. The van der Waals surface area contributed by atoms with E-state index < -0.39 is 11.4 Å². The van der Waals surface area contributed by atoms with E-state index >= 15 is 0 Å². The Balaban J connectivity index is 1.93. The monoisotopic (exact) mass is 227 g/mol. The topological polar surface area (TPSA) is 75.6 Å². The van der Waals surface area contributed by atoms with Gasteiger partial charge in [-0.3, -0.25) is 9.59 Å². The molecule has 1 amide bonds. The molecule has 1 saturated heterocycles. The van der Waals surface area contributed by atoms with Crippen LogP contribution in [0, 0.1) is 5.41 Å². The van der Waals surface area contributed by atoms with Crippen molar-refractivity contribution >= 4 is 11.9 Å². The molecule has 2 fully saturated rings. The van der Waals surface area contributed by atoms with Crippen LogP contribution in [-0.4, -0.2) is 36.2 Å². The number of carboxylic acid groups (broad SMARTS) is 1. The molecule has 1 aliphatic carbocycles. The molecule has 16 heavy (non-hydrogen) atoms. The summed E-state index contributed by atoms with van der Waals surface area (Å²) in [6.07, 6.45) is 3.32. The zero-order valence-corrected chi connectivity index (χ0v) is 9.20. The van der Waals surface area contributed by atoms with Crippen LogP contribution >= 0.6 is 0 Å². The third-order valence-electron chi connectivity index (χ3n) is 3.61. The van der Waals surface area contributed by atoms with Gasteiger partial charge in [-0.2, -0.15) is 0 Å². The minimum atomic E-state index is -1.14. The van der Waals surface area contributed by atoms with Crippen molar-refractivity contribution in [1.29, 1.82) is 0 Å². The Kier molecular flexibility index (Phi) is 3.14. The average molecular weight is 227 g/mol. The van der Waals surface area contributed by atoms with Crippen molar-refractivity contribution in [3.05, 3.63) is 0 Å². The van der Waals surface area contributed by atoms with Gasteiger partial charge in [0.15, 0.2) is 0 Å². The van der Waals surface area contributed by atoms with Gasteiger partial charge >= 0.3 is 5.97 Å². The largest absolute Gasteiger partial charge is 0.480 e. The minimum Gasteiger partial charge on any atom is -0.480 e. The number of carbonyl (C=O) groups excluding carboxylic acids is 1. The molecule has 2 aliphatic rings. The van der Waals surface area contributed by atoms with E-state index in [0.29, 0.717) is 26.1 Å². The Morgan fingerprint density at radius 3 is 2.31 bits per heavy atom. The lowest BCUT2D eigenvalue weighted by Crippen LogP contribution is -2.54. The Bertz CT molecular complexity index is 292. The van der Waals surface area contributed by atoms with Crippen molar-refractivity contribution in [2.75, 3.05) is 13.2 Å². The number of amides is 1. The van der Waals surface area contributed by atoms with Gasteiger partial charge in [-0.05, 0) is 25.7 Å². The number of hydrogen-bond donors (Lipinski definition) is 2. The molecule has 0 aromatic heterocycles. The Morgan fingerprint density at radius 2 is 1.88 bits per heavy atom. The lowest BCUT2D eigenvalue weighted by Gasteiger charge is -2.37. The van der Waals surface area contributed by atoms with Gasteiger partial charge in [-0.25, -0.2) is 0 Å². The number of nitrogens with one attached hydrogen (secondary N) is 1. The van der Waals surface area contributed by atoms with Crippen LogP contribution in [0.5, 0.6) is 0 Å². The quantitative estimate of drug-likeness (QED) is 0.690. The molecule has 5 heteroatoms. The first-order chi connectivity index (χ1) is 7.65. The van der Waals surface area contributed by atoms with E-state index in [0.717, 1.165) is 19.3 Å². The van der Waals surface area contributed by atoms with Crippen molar-refractivity contribution in [2.45, 2.75) is 38.1 Å². The van der Waals surface area contributed by atoms with Crippen LogP contribution in [-0.2, 0) is 14.3 Å². The summed E-state index contributed by atoms with van der Waals surface area (Å²) >= 11 is 0. The standard InChI is InChI=1S/C11H17NO4/c13-9(11(10(14)15)4-1-5-11)12-8-2-6-16-7-3-8/h8H,1-7H2,(H,12,13)(H,14,15). The summed E-state index contributed by atoms with van der Waals surface area (Å²) in [5, 5.41) is 11.9. The fourth-order valence-electron chi connectivity index (χ4n) is 2.23. The maximum Gasteiger partial charge on any atom is 0.319 e.